The monoisotopic (exact) mass is 437 g/mol. The van der Waals surface area contributed by atoms with Crippen LogP contribution in [-0.2, 0) is 19.5 Å². The van der Waals surface area contributed by atoms with Gasteiger partial charge in [-0.2, -0.15) is 0 Å². The zero-order valence-corrected chi connectivity index (χ0v) is 20.3. The van der Waals surface area contributed by atoms with Gasteiger partial charge in [0.25, 0.3) is 5.91 Å². The Morgan fingerprint density at radius 1 is 0.938 bits per heavy atom. The van der Waals surface area contributed by atoms with E-state index in [0.29, 0.717) is 6.54 Å². The number of carbonyl (C=O) groups is 1. The molecule has 0 heterocycles. The van der Waals surface area contributed by atoms with Gasteiger partial charge in [0.05, 0.1) is 6.54 Å². The van der Waals surface area contributed by atoms with Gasteiger partial charge in [0, 0.05) is 39.3 Å². The second-order valence-corrected chi connectivity index (χ2v) is 8.00. The summed E-state index contributed by atoms with van der Waals surface area (Å²) in [6.07, 6.45) is 0.817. The molecule has 174 valence electrons. The molecule has 0 aromatic heterocycles. The molecule has 0 aliphatic carbocycles. The Morgan fingerprint density at radius 3 is 2.31 bits per heavy atom. The predicted molar refractivity (Wildman–Crippen MR) is 134 cm³/mol. The van der Waals surface area contributed by atoms with Crippen molar-refractivity contribution in [3.8, 4) is 0 Å². The van der Waals surface area contributed by atoms with Crippen molar-refractivity contribution in [2.75, 3.05) is 40.3 Å². The summed E-state index contributed by atoms with van der Waals surface area (Å²) in [5.41, 5.74) is 4.44. The fourth-order valence-electron chi connectivity index (χ4n) is 3.50. The van der Waals surface area contributed by atoms with Crippen molar-refractivity contribution < 1.29 is 4.79 Å². The summed E-state index contributed by atoms with van der Waals surface area (Å²) in [5, 5.41) is 6.76. The molecule has 2 rings (SSSR count). The lowest BCUT2D eigenvalue weighted by Crippen LogP contribution is -2.38. The molecule has 0 saturated heterocycles. The maximum atomic E-state index is 12.2. The van der Waals surface area contributed by atoms with Crippen LogP contribution in [0, 0.1) is 0 Å². The van der Waals surface area contributed by atoms with Crippen LogP contribution >= 0.6 is 0 Å². The van der Waals surface area contributed by atoms with Gasteiger partial charge in [0.1, 0.15) is 0 Å². The third kappa shape index (κ3) is 8.00. The number of rotatable bonds is 11. The Hall–Kier alpha value is -2.86. The molecule has 1 amide bonds. The van der Waals surface area contributed by atoms with E-state index in [-0.39, 0.29) is 5.91 Å². The van der Waals surface area contributed by atoms with Gasteiger partial charge < -0.3 is 15.5 Å². The van der Waals surface area contributed by atoms with E-state index >= 15 is 0 Å². The van der Waals surface area contributed by atoms with Crippen LogP contribution in [0.4, 0.5) is 0 Å². The lowest BCUT2D eigenvalue weighted by Gasteiger charge is -2.20. The number of carbonyl (C=O) groups excluding carboxylic acids is 1. The molecular weight excluding hydrogens is 398 g/mol. The van der Waals surface area contributed by atoms with Crippen LogP contribution in [0.3, 0.4) is 0 Å². The van der Waals surface area contributed by atoms with Crippen molar-refractivity contribution in [1.29, 1.82) is 0 Å². The third-order valence-electron chi connectivity index (χ3n) is 5.44. The van der Waals surface area contributed by atoms with E-state index in [1.54, 1.807) is 19.0 Å². The van der Waals surface area contributed by atoms with E-state index in [0.717, 1.165) is 56.2 Å². The number of aliphatic imine (C=N–C) groups is 1. The average molecular weight is 438 g/mol. The van der Waals surface area contributed by atoms with Gasteiger partial charge in [-0.3, -0.25) is 9.69 Å². The largest absolute Gasteiger partial charge is 0.357 e. The maximum absolute atomic E-state index is 12.2. The van der Waals surface area contributed by atoms with Crippen molar-refractivity contribution in [2.24, 2.45) is 4.99 Å². The molecule has 0 unspecified atom stereocenters. The Bertz CT molecular complexity index is 874. The molecule has 0 aliphatic heterocycles. The highest BCUT2D eigenvalue weighted by molar-refractivity contribution is 5.94. The van der Waals surface area contributed by atoms with E-state index in [9.17, 15) is 4.79 Å². The zero-order valence-electron chi connectivity index (χ0n) is 20.3. The first kappa shape index (κ1) is 25.4. The number of nitrogens with zero attached hydrogens (tertiary/aromatic N) is 3. The summed E-state index contributed by atoms with van der Waals surface area (Å²) >= 11 is 0. The molecular formula is C26H39N5O. The van der Waals surface area contributed by atoms with Crippen LogP contribution in [-0.4, -0.2) is 61.9 Å². The van der Waals surface area contributed by atoms with Crippen molar-refractivity contribution in [3.05, 3.63) is 70.8 Å². The fraction of sp³-hybridized carbons (Fsp3) is 0.462. The first-order valence-corrected chi connectivity index (χ1v) is 11.6. The molecule has 0 aliphatic rings. The number of hydrogen-bond acceptors (Lipinski definition) is 3. The van der Waals surface area contributed by atoms with E-state index < -0.39 is 0 Å². The van der Waals surface area contributed by atoms with Gasteiger partial charge in [-0.25, -0.2) is 4.99 Å². The highest BCUT2D eigenvalue weighted by Crippen LogP contribution is 2.13. The van der Waals surface area contributed by atoms with Crippen LogP contribution in [0.2, 0.25) is 0 Å². The summed E-state index contributed by atoms with van der Waals surface area (Å²) in [6, 6.07) is 16.4. The Labute approximate surface area is 193 Å². The Morgan fingerprint density at radius 2 is 1.66 bits per heavy atom. The summed E-state index contributed by atoms with van der Waals surface area (Å²) < 4.78 is 0. The lowest BCUT2D eigenvalue weighted by atomic mass is 10.1. The standard InChI is InChI=1S/C26H39N5O/c1-6-27-26(28-17-16-21-12-11-15-22(18-21)25(32)30(4)5)29-19-23-13-9-10-14-24(23)20-31(7-2)8-3/h9-15,18H,6-8,16-17,19-20H2,1-5H3,(H2,27,28,29). The quantitative estimate of drug-likeness (QED) is 0.417. The molecule has 0 spiro atoms. The number of nitrogens with one attached hydrogen (secondary N) is 2. The van der Waals surface area contributed by atoms with Gasteiger partial charge in [0.15, 0.2) is 5.96 Å². The molecule has 0 saturated carbocycles. The summed E-state index contributed by atoms with van der Waals surface area (Å²) in [6.45, 7) is 11.7. The molecule has 2 N–H and O–H groups in total. The smallest absolute Gasteiger partial charge is 0.253 e. The second-order valence-electron chi connectivity index (χ2n) is 8.00. The van der Waals surface area contributed by atoms with Crippen LogP contribution in [0.1, 0.15) is 47.8 Å². The minimum Gasteiger partial charge on any atom is -0.357 e. The van der Waals surface area contributed by atoms with Crippen LogP contribution in [0.25, 0.3) is 0 Å². The van der Waals surface area contributed by atoms with Gasteiger partial charge in [0.2, 0.25) is 0 Å². The predicted octanol–water partition coefficient (Wildman–Crippen LogP) is 3.53. The number of benzene rings is 2. The first-order chi connectivity index (χ1) is 15.5. The Balaban J connectivity index is 2.00. The highest BCUT2D eigenvalue weighted by Gasteiger charge is 2.09. The topological polar surface area (TPSA) is 60.0 Å². The second kappa shape index (κ2) is 13.5. The molecule has 0 atom stereocenters. The molecule has 32 heavy (non-hydrogen) atoms. The van der Waals surface area contributed by atoms with Gasteiger partial charge in [-0.1, -0.05) is 50.2 Å². The first-order valence-electron chi connectivity index (χ1n) is 11.6. The normalized spacial score (nSPS) is 11.5. The van der Waals surface area contributed by atoms with Gasteiger partial charge >= 0.3 is 0 Å². The molecule has 6 heteroatoms. The minimum absolute atomic E-state index is 0.0260. The minimum atomic E-state index is 0.0260. The van der Waals surface area contributed by atoms with E-state index in [2.05, 4.69) is 66.6 Å². The number of hydrogen-bond donors (Lipinski definition) is 2. The molecule has 0 bridgehead atoms. The van der Waals surface area contributed by atoms with Crippen LogP contribution in [0.5, 0.6) is 0 Å². The maximum Gasteiger partial charge on any atom is 0.253 e. The average Bonchev–Trinajstić information content (AvgIpc) is 2.81. The molecule has 2 aromatic rings. The van der Waals surface area contributed by atoms with Crippen LogP contribution in [0.15, 0.2) is 53.5 Å². The number of amides is 1. The van der Waals surface area contributed by atoms with Crippen molar-refractivity contribution >= 4 is 11.9 Å². The van der Waals surface area contributed by atoms with Crippen LogP contribution < -0.4 is 10.6 Å². The van der Waals surface area contributed by atoms with E-state index in [1.807, 2.05) is 18.2 Å². The van der Waals surface area contributed by atoms with Gasteiger partial charge in [-0.15, -0.1) is 0 Å². The fourth-order valence-corrected chi connectivity index (χ4v) is 3.50. The number of guanidine groups is 1. The van der Waals surface area contributed by atoms with Crippen molar-refractivity contribution in [1.82, 2.24) is 20.4 Å². The third-order valence-corrected chi connectivity index (χ3v) is 5.44. The summed E-state index contributed by atoms with van der Waals surface area (Å²) in [7, 11) is 3.55. The van der Waals surface area contributed by atoms with Crippen molar-refractivity contribution in [3.63, 3.8) is 0 Å². The van der Waals surface area contributed by atoms with E-state index in [4.69, 9.17) is 4.99 Å². The van der Waals surface area contributed by atoms with Gasteiger partial charge in [-0.05, 0) is 55.3 Å². The lowest BCUT2D eigenvalue weighted by molar-refractivity contribution is 0.0827. The van der Waals surface area contributed by atoms with Crippen molar-refractivity contribution in [2.45, 2.75) is 40.3 Å². The SMILES string of the molecule is CCNC(=NCc1ccccc1CN(CC)CC)NCCc1cccc(C(=O)N(C)C)c1. The molecule has 0 fully saturated rings. The molecule has 6 nitrogen and oxygen atoms in total. The molecule has 2 aromatic carbocycles. The zero-order chi connectivity index (χ0) is 23.3. The molecule has 0 radical (unpaired) electrons. The van der Waals surface area contributed by atoms with E-state index in [1.165, 1.54) is 11.1 Å². The highest BCUT2D eigenvalue weighted by atomic mass is 16.2. The summed E-state index contributed by atoms with van der Waals surface area (Å²) in [4.78, 5) is 21.0. The Kier molecular flexibility index (Phi) is 10.7. The summed E-state index contributed by atoms with van der Waals surface area (Å²) in [5.74, 6) is 0.837.